The molecule has 0 radical (unpaired) electrons. The normalized spacial score (nSPS) is 14.7. The third-order valence-corrected chi connectivity index (χ3v) is 4.32. The molecule has 1 aliphatic rings. The summed E-state index contributed by atoms with van der Waals surface area (Å²) in [6.07, 6.45) is -0.768. The number of hydrogen-bond acceptors (Lipinski definition) is 3. The molecule has 0 fully saturated rings. The van der Waals surface area contributed by atoms with Gasteiger partial charge in [-0.05, 0) is 44.4 Å². The molecule has 0 bridgehead atoms. The summed E-state index contributed by atoms with van der Waals surface area (Å²) < 4.78 is 46.1. The molecule has 1 aromatic heterocycles. The van der Waals surface area contributed by atoms with Crippen LogP contribution >= 0.6 is 0 Å². The summed E-state index contributed by atoms with van der Waals surface area (Å²) in [4.78, 5) is 0. The van der Waals surface area contributed by atoms with Crippen LogP contribution in [0.3, 0.4) is 0 Å². The molecule has 136 valence electrons. The van der Waals surface area contributed by atoms with Crippen molar-refractivity contribution in [1.82, 2.24) is 9.78 Å². The van der Waals surface area contributed by atoms with Crippen LogP contribution in [0.4, 0.5) is 19.0 Å². The first-order chi connectivity index (χ1) is 12.0. The number of nitrogens with zero attached hydrogens (tertiary/aromatic N) is 2. The lowest BCUT2D eigenvalue weighted by Crippen LogP contribution is -2.09. The zero-order chi connectivity index (χ0) is 17.9. The zero-order valence-electron chi connectivity index (χ0n) is 14.2. The standard InChI is InChI=1S/C18H22F3N3O/c1-2-25-11-9-16-15-8-3-4-10-22-17(15)24(23-16)14-7-5-6-13(12-14)18(19,20)21/h5-7,12,22H,2-4,8-11H2,1H3. The average Bonchev–Trinajstić information content (AvgIpc) is 2.76. The fourth-order valence-electron chi connectivity index (χ4n) is 3.09. The zero-order valence-corrected chi connectivity index (χ0v) is 14.2. The minimum atomic E-state index is -4.37. The van der Waals surface area contributed by atoms with E-state index >= 15 is 0 Å². The lowest BCUT2D eigenvalue weighted by atomic mass is 10.1. The van der Waals surface area contributed by atoms with E-state index in [1.807, 2.05) is 6.92 Å². The number of benzene rings is 1. The molecule has 3 rings (SSSR count). The smallest absolute Gasteiger partial charge is 0.381 e. The molecular formula is C18H22F3N3O. The first kappa shape index (κ1) is 17.8. The van der Waals surface area contributed by atoms with Gasteiger partial charge in [0.1, 0.15) is 5.82 Å². The van der Waals surface area contributed by atoms with Crippen molar-refractivity contribution in [3.05, 3.63) is 41.1 Å². The summed E-state index contributed by atoms with van der Waals surface area (Å²) in [5.41, 5.74) is 1.74. The molecule has 0 saturated heterocycles. The molecule has 0 amide bonds. The van der Waals surface area contributed by atoms with Crippen LogP contribution in [0, 0.1) is 0 Å². The molecule has 1 N–H and O–H groups in total. The van der Waals surface area contributed by atoms with E-state index < -0.39 is 11.7 Å². The maximum atomic E-state index is 13.0. The predicted molar refractivity (Wildman–Crippen MR) is 90.2 cm³/mol. The minimum absolute atomic E-state index is 0.420. The Morgan fingerprint density at radius 3 is 2.88 bits per heavy atom. The van der Waals surface area contributed by atoms with Gasteiger partial charge in [-0.15, -0.1) is 0 Å². The molecule has 2 heterocycles. The molecule has 1 aromatic carbocycles. The number of anilines is 1. The second-order valence-corrected chi connectivity index (χ2v) is 6.06. The highest BCUT2D eigenvalue weighted by atomic mass is 19.4. The largest absolute Gasteiger partial charge is 0.416 e. The Kier molecular flexibility index (Phi) is 5.32. The predicted octanol–water partition coefficient (Wildman–Crippen LogP) is 4.22. The van der Waals surface area contributed by atoms with Crippen molar-refractivity contribution >= 4 is 5.82 Å². The van der Waals surface area contributed by atoms with Gasteiger partial charge in [0, 0.05) is 25.1 Å². The van der Waals surface area contributed by atoms with Crippen LogP contribution in [-0.2, 0) is 23.8 Å². The summed E-state index contributed by atoms with van der Waals surface area (Å²) in [5, 5.41) is 7.95. The van der Waals surface area contributed by atoms with Gasteiger partial charge in [0.15, 0.2) is 0 Å². The molecule has 7 heteroatoms. The quantitative estimate of drug-likeness (QED) is 0.818. The Bertz CT molecular complexity index is 725. The molecule has 0 saturated carbocycles. The molecule has 2 aromatic rings. The molecule has 1 aliphatic heterocycles. The van der Waals surface area contributed by atoms with Gasteiger partial charge in [0.2, 0.25) is 0 Å². The Hall–Kier alpha value is -2.02. The van der Waals surface area contributed by atoms with Crippen molar-refractivity contribution in [1.29, 1.82) is 0 Å². The maximum Gasteiger partial charge on any atom is 0.416 e. The fourth-order valence-corrected chi connectivity index (χ4v) is 3.09. The fraction of sp³-hybridized carbons (Fsp3) is 0.500. The highest BCUT2D eigenvalue weighted by Crippen LogP contribution is 2.33. The third kappa shape index (κ3) is 3.98. The summed E-state index contributed by atoms with van der Waals surface area (Å²) in [5.74, 6) is 0.809. The van der Waals surface area contributed by atoms with Gasteiger partial charge < -0.3 is 10.1 Å². The highest BCUT2D eigenvalue weighted by molar-refractivity contribution is 5.55. The minimum Gasteiger partial charge on any atom is -0.381 e. The van der Waals surface area contributed by atoms with Gasteiger partial charge in [0.05, 0.1) is 23.6 Å². The van der Waals surface area contributed by atoms with E-state index in [9.17, 15) is 13.2 Å². The Balaban J connectivity index is 2.01. The van der Waals surface area contributed by atoms with Crippen molar-refractivity contribution in [3.8, 4) is 5.69 Å². The van der Waals surface area contributed by atoms with Crippen LogP contribution in [0.5, 0.6) is 0 Å². The number of ether oxygens (including phenoxy) is 1. The van der Waals surface area contributed by atoms with Crippen LogP contribution in [-0.4, -0.2) is 29.5 Å². The number of nitrogens with one attached hydrogen (secondary N) is 1. The van der Waals surface area contributed by atoms with Crippen molar-refractivity contribution in [2.45, 2.75) is 38.8 Å². The molecule has 4 nitrogen and oxygen atoms in total. The van der Waals surface area contributed by atoms with E-state index in [1.165, 1.54) is 6.07 Å². The monoisotopic (exact) mass is 353 g/mol. The third-order valence-electron chi connectivity index (χ3n) is 4.32. The maximum absolute atomic E-state index is 13.0. The van der Waals surface area contributed by atoms with E-state index in [-0.39, 0.29) is 0 Å². The SMILES string of the molecule is CCOCCc1nn(-c2cccc(C(F)(F)F)c2)c2c1CCCCN2. The summed E-state index contributed by atoms with van der Waals surface area (Å²) in [7, 11) is 0. The summed E-state index contributed by atoms with van der Waals surface area (Å²) >= 11 is 0. The number of alkyl halides is 3. The molecule has 0 atom stereocenters. The van der Waals surface area contributed by atoms with Crippen LogP contribution < -0.4 is 5.32 Å². The van der Waals surface area contributed by atoms with Crippen molar-refractivity contribution in [2.24, 2.45) is 0 Å². The summed E-state index contributed by atoms with van der Waals surface area (Å²) in [6.45, 7) is 3.92. The van der Waals surface area contributed by atoms with Crippen LogP contribution in [0.15, 0.2) is 24.3 Å². The highest BCUT2D eigenvalue weighted by Gasteiger charge is 2.31. The van der Waals surface area contributed by atoms with E-state index in [0.717, 1.165) is 55.0 Å². The van der Waals surface area contributed by atoms with E-state index in [4.69, 9.17) is 4.74 Å². The van der Waals surface area contributed by atoms with E-state index in [2.05, 4.69) is 10.4 Å². The van der Waals surface area contributed by atoms with E-state index in [0.29, 0.717) is 25.3 Å². The van der Waals surface area contributed by atoms with Gasteiger partial charge in [-0.3, -0.25) is 0 Å². The van der Waals surface area contributed by atoms with Gasteiger partial charge in [0.25, 0.3) is 0 Å². The topological polar surface area (TPSA) is 39.1 Å². The Morgan fingerprint density at radius 2 is 2.12 bits per heavy atom. The lowest BCUT2D eigenvalue weighted by molar-refractivity contribution is -0.137. The van der Waals surface area contributed by atoms with E-state index in [1.54, 1.807) is 10.7 Å². The van der Waals surface area contributed by atoms with Crippen LogP contribution in [0.1, 0.15) is 36.6 Å². The van der Waals surface area contributed by atoms with Crippen LogP contribution in [0.25, 0.3) is 5.69 Å². The molecule has 0 aliphatic carbocycles. The molecular weight excluding hydrogens is 331 g/mol. The van der Waals surface area contributed by atoms with Gasteiger partial charge in [-0.1, -0.05) is 6.07 Å². The number of aromatic nitrogens is 2. The second-order valence-electron chi connectivity index (χ2n) is 6.06. The first-order valence-corrected chi connectivity index (χ1v) is 8.60. The van der Waals surface area contributed by atoms with Crippen LogP contribution in [0.2, 0.25) is 0 Å². The first-order valence-electron chi connectivity index (χ1n) is 8.60. The van der Waals surface area contributed by atoms with Gasteiger partial charge in [-0.25, -0.2) is 4.68 Å². The van der Waals surface area contributed by atoms with Gasteiger partial charge >= 0.3 is 6.18 Å². The Labute approximate surface area is 145 Å². The molecule has 25 heavy (non-hydrogen) atoms. The average molecular weight is 353 g/mol. The Morgan fingerprint density at radius 1 is 1.28 bits per heavy atom. The number of fused-ring (bicyclic) bond motifs is 1. The second kappa shape index (κ2) is 7.47. The number of hydrogen-bond donors (Lipinski definition) is 1. The van der Waals surface area contributed by atoms with Crippen molar-refractivity contribution in [2.75, 3.05) is 25.1 Å². The number of halogens is 3. The molecule has 0 spiro atoms. The van der Waals surface area contributed by atoms with Crippen molar-refractivity contribution in [3.63, 3.8) is 0 Å². The van der Waals surface area contributed by atoms with Crippen molar-refractivity contribution < 1.29 is 17.9 Å². The molecule has 0 unspecified atom stereocenters. The number of rotatable bonds is 5. The summed E-state index contributed by atoms with van der Waals surface area (Å²) in [6, 6.07) is 5.30. The van der Waals surface area contributed by atoms with Gasteiger partial charge in [-0.2, -0.15) is 18.3 Å². The lowest BCUT2D eigenvalue weighted by Gasteiger charge is -2.12.